The van der Waals surface area contributed by atoms with Crippen LogP contribution in [0.25, 0.3) is 12.2 Å². The van der Waals surface area contributed by atoms with Crippen LogP contribution in [0, 0.1) is 0 Å². The number of benzene rings is 5. The van der Waals surface area contributed by atoms with Gasteiger partial charge in [-0.2, -0.15) is 0 Å². The van der Waals surface area contributed by atoms with Gasteiger partial charge in [-0.15, -0.1) is 0 Å². The van der Waals surface area contributed by atoms with Gasteiger partial charge in [0.15, 0.2) is 0 Å². The van der Waals surface area contributed by atoms with E-state index in [0.29, 0.717) is 0 Å². The molecule has 0 saturated carbocycles. The van der Waals surface area contributed by atoms with Crippen molar-refractivity contribution in [1.29, 1.82) is 0 Å². The Hall–Kier alpha value is -5.22. The fraction of sp³-hybridized carbons (Fsp3) is 0.227. The quantitative estimate of drug-likeness (QED) is 0.198. The first-order valence-electron chi connectivity index (χ1n) is 17.0. The van der Waals surface area contributed by atoms with Crippen molar-refractivity contribution in [1.82, 2.24) is 0 Å². The second-order valence-electron chi connectivity index (χ2n) is 14.6. The van der Waals surface area contributed by atoms with Crippen molar-refractivity contribution in [3.8, 4) is 11.5 Å². The maximum Gasteiger partial charge on any atom is 0.212 e. The Morgan fingerprint density at radius 3 is 1.27 bits per heavy atom. The molecule has 9 rings (SSSR count). The van der Waals surface area contributed by atoms with Crippen molar-refractivity contribution in [2.24, 2.45) is 0 Å². The van der Waals surface area contributed by atoms with Crippen LogP contribution in [0.2, 0.25) is 0 Å². The lowest BCUT2D eigenvalue weighted by Gasteiger charge is -2.47. The lowest BCUT2D eigenvalue weighted by atomic mass is 9.76. The van der Waals surface area contributed by atoms with E-state index in [4.69, 9.17) is 9.47 Å². The number of fused-ring (bicyclic) bond motifs is 4. The molecule has 238 valence electrons. The summed E-state index contributed by atoms with van der Waals surface area (Å²) in [7, 11) is 0. The van der Waals surface area contributed by atoms with E-state index in [1.54, 1.807) is 0 Å². The van der Waals surface area contributed by atoms with Crippen molar-refractivity contribution >= 4 is 23.5 Å². The molecule has 4 heteroatoms. The summed E-state index contributed by atoms with van der Waals surface area (Å²) in [5, 5.41) is 0. The molecule has 0 aliphatic carbocycles. The maximum atomic E-state index is 7.03. The second-order valence-corrected chi connectivity index (χ2v) is 14.6. The van der Waals surface area contributed by atoms with Crippen LogP contribution in [0.4, 0.5) is 11.4 Å². The molecule has 4 aliphatic rings. The standard InChI is InChI=1S/C44H40N2O2/c1-41(2)35-15-7-9-17-37(35)45(43(41)27-25-33-13-5-11-19-39(33)47-43)29-31-21-23-32(24-22-31)30-46-38-18-10-8-16-36(38)42(3,4)44(46)28-26-34-14-6-12-20-40(34)48-44/h5-28H,29-30H2,1-4H3. The van der Waals surface area contributed by atoms with Crippen LogP contribution in [-0.4, -0.2) is 11.4 Å². The van der Waals surface area contributed by atoms with E-state index in [2.05, 4.69) is 183 Å². The summed E-state index contributed by atoms with van der Waals surface area (Å²) in [6.45, 7) is 10.7. The molecule has 48 heavy (non-hydrogen) atoms. The largest absolute Gasteiger partial charge is 0.463 e. The molecule has 2 spiro atoms. The molecule has 0 aromatic heterocycles. The van der Waals surface area contributed by atoms with Crippen molar-refractivity contribution in [3.63, 3.8) is 0 Å². The van der Waals surface area contributed by atoms with E-state index >= 15 is 0 Å². The molecule has 4 aliphatic heterocycles. The fourth-order valence-corrected chi connectivity index (χ4v) is 8.61. The zero-order chi connectivity index (χ0) is 32.7. The first kappa shape index (κ1) is 29.0. The van der Waals surface area contributed by atoms with Gasteiger partial charge in [0.25, 0.3) is 0 Å². The summed E-state index contributed by atoms with van der Waals surface area (Å²) in [4.78, 5) is 4.91. The molecule has 4 nitrogen and oxygen atoms in total. The number of nitrogens with zero attached hydrogens (tertiary/aromatic N) is 2. The molecule has 0 saturated heterocycles. The van der Waals surface area contributed by atoms with Crippen molar-refractivity contribution in [2.75, 3.05) is 9.80 Å². The molecule has 2 atom stereocenters. The molecule has 0 fully saturated rings. The molecule has 0 bridgehead atoms. The summed E-state index contributed by atoms with van der Waals surface area (Å²) in [5.41, 5.74) is 7.89. The third kappa shape index (κ3) is 3.89. The number of para-hydroxylation sites is 4. The van der Waals surface area contributed by atoms with Crippen LogP contribution in [-0.2, 0) is 23.9 Å². The third-order valence-corrected chi connectivity index (χ3v) is 11.4. The highest BCUT2D eigenvalue weighted by molar-refractivity contribution is 5.74. The SMILES string of the molecule is CC1(C)c2ccccc2N(Cc2ccc(CN3c4ccccc4C(C)(C)C34C=Cc3ccccc3O4)cc2)C12C=Cc1ccccc1O2. The Kier molecular flexibility index (Phi) is 6.12. The second kappa shape index (κ2) is 10.1. The fourth-order valence-electron chi connectivity index (χ4n) is 8.61. The van der Waals surface area contributed by atoms with Crippen LogP contribution < -0.4 is 19.3 Å². The molecule has 4 heterocycles. The number of rotatable bonds is 4. The summed E-state index contributed by atoms with van der Waals surface area (Å²) in [5.74, 6) is 1.84. The van der Waals surface area contributed by atoms with Crippen molar-refractivity contribution in [2.45, 2.75) is 63.1 Å². The summed E-state index contributed by atoms with van der Waals surface area (Å²) in [6, 6.07) is 43.3. The minimum absolute atomic E-state index is 0.274. The van der Waals surface area contributed by atoms with Crippen LogP contribution in [0.1, 0.15) is 61.1 Å². The molecule has 0 radical (unpaired) electrons. The average molecular weight is 629 g/mol. The van der Waals surface area contributed by atoms with Gasteiger partial charge in [-0.25, -0.2) is 0 Å². The summed E-state index contributed by atoms with van der Waals surface area (Å²) >= 11 is 0. The van der Waals surface area contributed by atoms with Gasteiger partial charge in [0.2, 0.25) is 11.4 Å². The van der Waals surface area contributed by atoms with Gasteiger partial charge in [0, 0.05) is 35.6 Å². The van der Waals surface area contributed by atoms with E-state index in [0.717, 1.165) is 35.7 Å². The van der Waals surface area contributed by atoms with Crippen LogP contribution in [0.3, 0.4) is 0 Å². The van der Waals surface area contributed by atoms with Crippen molar-refractivity contribution in [3.05, 3.63) is 167 Å². The lowest BCUT2D eigenvalue weighted by molar-refractivity contribution is 0.0519. The number of hydrogen-bond acceptors (Lipinski definition) is 4. The van der Waals surface area contributed by atoms with Gasteiger partial charge in [0.05, 0.1) is 10.8 Å². The van der Waals surface area contributed by atoms with Crippen LogP contribution in [0.5, 0.6) is 11.5 Å². The van der Waals surface area contributed by atoms with Gasteiger partial charge in [-0.1, -0.05) is 97.1 Å². The van der Waals surface area contributed by atoms with Crippen LogP contribution >= 0.6 is 0 Å². The zero-order valence-electron chi connectivity index (χ0n) is 28.0. The Bertz CT molecular complexity index is 1970. The third-order valence-electron chi connectivity index (χ3n) is 11.4. The summed E-state index contributed by atoms with van der Waals surface area (Å²) in [6.07, 6.45) is 9.00. The number of anilines is 2. The van der Waals surface area contributed by atoms with Gasteiger partial charge >= 0.3 is 0 Å². The topological polar surface area (TPSA) is 24.9 Å². The van der Waals surface area contributed by atoms with Gasteiger partial charge in [0.1, 0.15) is 11.5 Å². The van der Waals surface area contributed by atoms with E-state index in [1.807, 2.05) is 0 Å². The lowest BCUT2D eigenvalue weighted by Crippen LogP contribution is -2.59. The zero-order valence-corrected chi connectivity index (χ0v) is 28.0. The Labute approximate surface area is 283 Å². The molecule has 2 unspecified atom stereocenters. The predicted octanol–water partition coefficient (Wildman–Crippen LogP) is 9.89. The normalized spacial score (nSPS) is 23.3. The van der Waals surface area contributed by atoms with Gasteiger partial charge in [-0.05, 0) is 98.5 Å². The number of ether oxygens (including phenoxy) is 2. The highest BCUT2D eigenvalue weighted by Gasteiger charge is 2.60. The van der Waals surface area contributed by atoms with E-state index < -0.39 is 11.4 Å². The van der Waals surface area contributed by atoms with Gasteiger partial charge in [-0.3, -0.25) is 0 Å². The van der Waals surface area contributed by atoms with E-state index in [9.17, 15) is 0 Å². The molecular formula is C44H40N2O2. The highest BCUT2D eigenvalue weighted by atomic mass is 16.5. The summed E-state index contributed by atoms with van der Waals surface area (Å²) < 4.78 is 14.1. The molecule has 0 amide bonds. The average Bonchev–Trinajstić information content (AvgIpc) is 3.40. The predicted molar refractivity (Wildman–Crippen MR) is 195 cm³/mol. The first-order chi connectivity index (χ1) is 23.2. The monoisotopic (exact) mass is 628 g/mol. The smallest absolute Gasteiger partial charge is 0.212 e. The van der Waals surface area contributed by atoms with Gasteiger partial charge < -0.3 is 19.3 Å². The van der Waals surface area contributed by atoms with E-state index in [-0.39, 0.29) is 10.8 Å². The maximum absolute atomic E-state index is 7.03. The highest BCUT2D eigenvalue weighted by Crippen LogP contribution is 2.57. The van der Waals surface area contributed by atoms with E-state index in [1.165, 1.54) is 33.6 Å². The molecule has 5 aromatic carbocycles. The molecular weight excluding hydrogens is 588 g/mol. The Morgan fingerprint density at radius 2 is 0.833 bits per heavy atom. The Morgan fingerprint density at radius 1 is 0.458 bits per heavy atom. The minimum Gasteiger partial charge on any atom is -0.463 e. The first-order valence-corrected chi connectivity index (χ1v) is 17.0. The molecule has 0 N–H and O–H groups in total. The van der Waals surface area contributed by atoms with Crippen LogP contribution in [0.15, 0.2) is 133 Å². The molecule has 5 aromatic rings. The Balaban J connectivity index is 1.05. The van der Waals surface area contributed by atoms with Crippen molar-refractivity contribution < 1.29 is 9.47 Å². The number of hydrogen-bond donors (Lipinski definition) is 0. The minimum atomic E-state index is -0.651.